The van der Waals surface area contributed by atoms with Gasteiger partial charge >= 0.3 is 0 Å². The Kier molecular flexibility index (Phi) is 3.70. The first-order chi connectivity index (χ1) is 8.18. The first-order valence-electron chi connectivity index (χ1n) is 6.20. The Morgan fingerprint density at radius 2 is 1.94 bits per heavy atom. The van der Waals surface area contributed by atoms with Crippen LogP contribution in [-0.2, 0) is 18.9 Å². The van der Waals surface area contributed by atoms with E-state index in [0.29, 0.717) is 6.61 Å². The Hall–Kier alpha value is -0.240. The van der Waals surface area contributed by atoms with Gasteiger partial charge < -0.3 is 29.2 Å². The summed E-state index contributed by atoms with van der Waals surface area (Å²) in [6.07, 6.45) is -2.19. The summed E-state index contributed by atoms with van der Waals surface area (Å²) in [5.41, 5.74) is 0. The fraction of sp³-hybridized carbons (Fsp3) is 1.00. The van der Waals surface area contributed by atoms with Crippen LogP contribution in [0.15, 0.2) is 0 Å². The Morgan fingerprint density at radius 3 is 2.44 bits per heavy atom. The van der Waals surface area contributed by atoms with E-state index in [1.807, 2.05) is 13.8 Å². The van der Waals surface area contributed by atoms with Gasteiger partial charge in [0.15, 0.2) is 11.6 Å². The molecule has 2 aliphatic rings. The second-order valence-electron chi connectivity index (χ2n) is 5.76. The van der Waals surface area contributed by atoms with E-state index >= 15 is 0 Å². The summed E-state index contributed by atoms with van der Waals surface area (Å²) in [4.78, 5) is 0. The van der Waals surface area contributed by atoms with Gasteiger partial charge in [-0.05, 0) is 27.7 Å². The van der Waals surface area contributed by atoms with Gasteiger partial charge in [-0.3, -0.25) is 0 Å². The average molecular weight is 262 g/mol. The van der Waals surface area contributed by atoms with Crippen molar-refractivity contribution in [2.75, 3.05) is 13.2 Å². The van der Waals surface area contributed by atoms with E-state index in [2.05, 4.69) is 0 Å². The highest BCUT2D eigenvalue weighted by Gasteiger charge is 2.48. The molecule has 106 valence electrons. The number of hydrogen-bond donors (Lipinski definition) is 2. The zero-order valence-electron chi connectivity index (χ0n) is 11.3. The summed E-state index contributed by atoms with van der Waals surface area (Å²) in [6.45, 7) is 7.29. The van der Waals surface area contributed by atoms with Crippen LogP contribution in [-0.4, -0.2) is 59.4 Å². The summed E-state index contributed by atoms with van der Waals surface area (Å²) in [6, 6.07) is 0. The second-order valence-corrected chi connectivity index (χ2v) is 5.76. The van der Waals surface area contributed by atoms with Gasteiger partial charge in [-0.15, -0.1) is 0 Å². The Labute approximate surface area is 107 Å². The van der Waals surface area contributed by atoms with Crippen molar-refractivity contribution in [3.05, 3.63) is 0 Å². The third-order valence-corrected chi connectivity index (χ3v) is 3.01. The largest absolute Gasteiger partial charge is 0.387 e. The summed E-state index contributed by atoms with van der Waals surface area (Å²) >= 11 is 0. The number of rotatable bonds is 3. The molecule has 0 radical (unpaired) electrons. The van der Waals surface area contributed by atoms with Crippen molar-refractivity contribution in [1.82, 2.24) is 0 Å². The molecule has 0 amide bonds. The maximum absolute atomic E-state index is 10.1. The van der Waals surface area contributed by atoms with Crippen molar-refractivity contribution >= 4 is 0 Å². The van der Waals surface area contributed by atoms with Crippen LogP contribution >= 0.6 is 0 Å². The van der Waals surface area contributed by atoms with Crippen LogP contribution in [0.1, 0.15) is 27.7 Å². The average Bonchev–Trinajstić information content (AvgIpc) is 2.70. The van der Waals surface area contributed by atoms with E-state index in [4.69, 9.17) is 18.9 Å². The Bertz CT molecular complexity index is 297. The number of hydrogen-bond acceptors (Lipinski definition) is 6. The first kappa shape index (κ1) is 14.2. The molecule has 2 heterocycles. The Balaban J connectivity index is 1.93. The molecule has 2 fully saturated rings. The van der Waals surface area contributed by atoms with Crippen LogP contribution in [0.3, 0.4) is 0 Å². The van der Waals surface area contributed by atoms with Gasteiger partial charge in [0, 0.05) is 0 Å². The van der Waals surface area contributed by atoms with E-state index in [-0.39, 0.29) is 12.7 Å². The quantitative estimate of drug-likeness (QED) is 0.698. The zero-order chi connectivity index (χ0) is 13.6. The minimum atomic E-state index is -1.30. The molecule has 0 bridgehead atoms. The van der Waals surface area contributed by atoms with E-state index < -0.39 is 29.9 Å². The van der Waals surface area contributed by atoms with Crippen molar-refractivity contribution in [3.63, 3.8) is 0 Å². The van der Waals surface area contributed by atoms with Gasteiger partial charge in [-0.1, -0.05) is 0 Å². The molecule has 0 aromatic heterocycles. The van der Waals surface area contributed by atoms with Crippen molar-refractivity contribution in [1.29, 1.82) is 0 Å². The highest BCUT2D eigenvalue weighted by Crippen LogP contribution is 2.31. The summed E-state index contributed by atoms with van der Waals surface area (Å²) in [7, 11) is 0. The molecule has 0 aromatic rings. The molecule has 0 aliphatic carbocycles. The molecule has 0 aromatic carbocycles. The van der Waals surface area contributed by atoms with Crippen LogP contribution in [0.2, 0.25) is 0 Å². The van der Waals surface area contributed by atoms with Gasteiger partial charge in [-0.25, -0.2) is 0 Å². The highest BCUT2D eigenvalue weighted by atomic mass is 16.8. The lowest BCUT2D eigenvalue weighted by Gasteiger charge is -2.26. The normalized spacial score (nSPS) is 40.3. The lowest BCUT2D eigenvalue weighted by atomic mass is 10.1. The zero-order valence-corrected chi connectivity index (χ0v) is 11.3. The number of aliphatic hydroxyl groups is 2. The fourth-order valence-electron chi connectivity index (χ4n) is 2.29. The highest BCUT2D eigenvalue weighted by molar-refractivity contribution is 4.92. The minimum absolute atomic E-state index is 0.232. The van der Waals surface area contributed by atoms with Crippen LogP contribution in [0.4, 0.5) is 0 Å². The van der Waals surface area contributed by atoms with Crippen molar-refractivity contribution < 1.29 is 29.2 Å². The Morgan fingerprint density at radius 1 is 1.28 bits per heavy atom. The monoisotopic (exact) mass is 262 g/mol. The molecule has 0 spiro atoms. The molecule has 2 rings (SSSR count). The van der Waals surface area contributed by atoms with Crippen LogP contribution in [0, 0.1) is 0 Å². The molecular formula is C12H22O6. The molecule has 2 saturated heterocycles. The van der Waals surface area contributed by atoms with Gasteiger partial charge in [0.25, 0.3) is 0 Å². The van der Waals surface area contributed by atoms with Crippen molar-refractivity contribution in [3.8, 4) is 0 Å². The van der Waals surface area contributed by atoms with Crippen LogP contribution in [0.5, 0.6) is 0 Å². The molecule has 2 N–H and O–H groups in total. The SMILES string of the molecule is CC(C)(O)O[C@H]1CO[C@H](C2COC(C)(C)O2)[C@@H]1O. The summed E-state index contributed by atoms with van der Waals surface area (Å²) in [5, 5.41) is 19.7. The van der Waals surface area contributed by atoms with Gasteiger partial charge in [-0.2, -0.15) is 0 Å². The topological polar surface area (TPSA) is 77.4 Å². The second kappa shape index (κ2) is 4.70. The van der Waals surface area contributed by atoms with Gasteiger partial charge in [0.1, 0.15) is 24.4 Å². The predicted octanol–water partition coefficient (Wildman–Crippen LogP) is 0.0112. The molecule has 0 saturated carbocycles. The molecule has 2 aliphatic heterocycles. The third kappa shape index (κ3) is 3.20. The van der Waals surface area contributed by atoms with Crippen LogP contribution in [0.25, 0.3) is 0 Å². The number of ether oxygens (including phenoxy) is 4. The van der Waals surface area contributed by atoms with Crippen molar-refractivity contribution in [2.24, 2.45) is 0 Å². The van der Waals surface area contributed by atoms with E-state index in [1.165, 1.54) is 13.8 Å². The fourth-order valence-corrected chi connectivity index (χ4v) is 2.29. The van der Waals surface area contributed by atoms with Crippen molar-refractivity contribution in [2.45, 2.75) is 63.7 Å². The lowest BCUT2D eigenvalue weighted by molar-refractivity contribution is -0.219. The molecule has 6 nitrogen and oxygen atoms in total. The minimum Gasteiger partial charge on any atom is -0.387 e. The molecule has 18 heavy (non-hydrogen) atoms. The first-order valence-corrected chi connectivity index (χ1v) is 6.20. The van der Waals surface area contributed by atoms with E-state index in [0.717, 1.165) is 0 Å². The van der Waals surface area contributed by atoms with Gasteiger partial charge in [0.2, 0.25) is 0 Å². The number of aliphatic hydroxyl groups excluding tert-OH is 1. The predicted molar refractivity (Wildman–Crippen MR) is 61.8 cm³/mol. The smallest absolute Gasteiger partial charge is 0.163 e. The standard InChI is InChI=1S/C12H22O6/c1-11(2,14)17-7-5-15-10(9(7)13)8-6-16-12(3,4)18-8/h7-10,13-14H,5-6H2,1-4H3/t7-,8?,9+,10+/m0/s1. The third-order valence-electron chi connectivity index (χ3n) is 3.01. The molecule has 1 unspecified atom stereocenters. The van der Waals surface area contributed by atoms with Crippen LogP contribution < -0.4 is 0 Å². The molecule has 4 atom stereocenters. The summed E-state index contributed by atoms with van der Waals surface area (Å²) < 4.78 is 21.9. The molecule has 6 heteroatoms. The summed E-state index contributed by atoms with van der Waals surface area (Å²) in [5.74, 6) is -1.95. The van der Waals surface area contributed by atoms with Gasteiger partial charge in [0.05, 0.1) is 13.2 Å². The van der Waals surface area contributed by atoms with E-state index in [9.17, 15) is 10.2 Å². The lowest BCUT2D eigenvalue weighted by Crippen LogP contribution is -2.43. The maximum atomic E-state index is 10.1. The van der Waals surface area contributed by atoms with E-state index in [1.54, 1.807) is 0 Å². The molecular weight excluding hydrogens is 240 g/mol. The maximum Gasteiger partial charge on any atom is 0.163 e.